The molecule has 6 nitrogen and oxygen atoms in total. The summed E-state index contributed by atoms with van der Waals surface area (Å²) in [5.41, 5.74) is 2.07. The highest BCUT2D eigenvalue weighted by atomic mass is 32.1. The van der Waals surface area contributed by atoms with E-state index in [2.05, 4.69) is 31.6 Å². The van der Waals surface area contributed by atoms with Gasteiger partial charge in [-0.05, 0) is 23.4 Å². The molecule has 4 rings (SSSR count). The van der Waals surface area contributed by atoms with Crippen molar-refractivity contribution in [3.63, 3.8) is 0 Å². The molecule has 0 aliphatic carbocycles. The number of thiazole rings is 1. The average Bonchev–Trinajstić information content (AvgIpc) is 3.27. The summed E-state index contributed by atoms with van der Waals surface area (Å²) in [6.45, 7) is 1.52. The zero-order chi connectivity index (χ0) is 14.9. The summed E-state index contributed by atoms with van der Waals surface area (Å²) in [5.74, 6) is 0.774. The van der Waals surface area contributed by atoms with Crippen LogP contribution >= 0.6 is 22.7 Å². The van der Waals surface area contributed by atoms with Gasteiger partial charge < -0.3 is 4.90 Å². The van der Waals surface area contributed by atoms with Crippen LogP contribution in [-0.2, 0) is 24.2 Å². The molecule has 0 unspecified atom stereocenters. The molecule has 8 heteroatoms. The summed E-state index contributed by atoms with van der Waals surface area (Å²) in [6, 6.07) is 2.12. The van der Waals surface area contributed by atoms with Crippen LogP contribution in [-0.4, -0.2) is 37.5 Å². The lowest BCUT2D eigenvalue weighted by Gasteiger charge is -2.26. The molecule has 0 saturated carbocycles. The maximum Gasteiger partial charge on any atom is 0.228 e. The van der Waals surface area contributed by atoms with Crippen molar-refractivity contribution in [1.29, 1.82) is 0 Å². The average molecular weight is 331 g/mol. The van der Waals surface area contributed by atoms with Gasteiger partial charge in [0, 0.05) is 23.3 Å². The molecule has 4 heterocycles. The maximum absolute atomic E-state index is 12.5. The lowest BCUT2D eigenvalue weighted by atomic mass is 10.1. The molecule has 3 aromatic heterocycles. The van der Waals surface area contributed by atoms with Crippen LogP contribution in [0.15, 0.2) is 23.2 Å². The predicted octanol–water partition coefficient (Wildman–Crippen LogP) is 2.12. The second-order valence-corrected chi connectivity index (χ2v) is 6.95. The van der Waals surface area contributed by atoms with Crippen molar-refractivity contribution < 1.29 is 4.79 Å². The van der Waals surface area contributed by atoms with Crippen molar-refractivity contribution >= 4 is 28.6 Å². The van der Waals surface area contributed by atoms with E-state index in [0.29, 0.717) is 12.2 Å². The Hall–Kier alpha value is -2.06. The number of nitrogens with zero attached hydrogens (tertiary/aromatic N) is 4. The quantitative estimate of drug-likeness (QED) is 0.798. The zero-order valence-electron chi connectivity index (χ0n) is 11.7. The summed E-state index contributed by atoms with van der Waals surface area (Å²) in [7, 11) is 0. The summed E-state index contributed by atoms with van der Waals surface area (Å²) in [5, 5.41) is 11.4. The van der Waals surface area contributed by atoms with Gasteiger partial charge in [0.25, 0.3) is 0 Å². The van der Waals surface area contributed by atoms with Gasteiger partial charge in [-0.1, -0.05) is 0 Å². The summed E-state index contributed by atoms with van der Waals surface area (Å²) in [6.07, 6.45) is 2.75. The van der Waals surface area contributed by atoms with Crippen molar-refractivity contribution in [3.8, 4) is 10.8 Å². The number of aromatic nitrogens is 4. The van der Waals surface area contributed by atoms with Crippen molar-refractivity contribution in [2.75, 3.05) is 6.54 Å². The third-order valence-electron chi connectivity index (χ3n) is 3.66. The molecule has 112 valence electrons. The van der Waals surface area contributed by atoms with Crippen LogP contribution < -0.4 is 0 Å². The Morgan fingerprint density at radius 3 is 3.23 bits per heavy atom. The maximum atomic E-state index is 12.5. The van der Waals surface area contributed by atoms with Crippen LogP contribution in [0, 0.1) is 0 Å². The lowest BCUT2D eigenvalue weighted by Crippen LogP contribution is -2.36. The molecule has 22 heavy (non-hydrogen) atoms. The summed E-state index contributed by atoms with van der Waals surface area (Å²) in [4.78, 5) is 24.3. The van der Waals surface area contributed by atoms with E-state index in [1.54, 1.807) is 11.3 Å². The van der Waals surface area contributed by atoms with E-state index in [1.807, 2.05) is 10.3 Å². The van der Waals surface area contributed by atoms with Crippen LogP contribution in [0.2, 0.25) is 0 Å². The van der Waals surface area contributed by atoms with Gasteiger partial charge in [-0.25, -0.2) is 9.97 Å². The standard InChI is InChI=1S/C14H13N5OS2/c20-12(19-3-1-11-9(6-19)2-4-21-11)5-10-7-22-14(17-10)13-15-8-16-18-13/h2,4,7-8H,1,3,5-6H2,(H,15,16,18). The van der Waals surface area contributed by atoms with Gasteiger partial charge in [0.1, 0.15) is 6.33 Å². The van der Waals surface area contributed by atoms with Gasteiger partial charge in [-0.3, -0.25) is 9.89 Å². The van der Waals surface area contributed by atoms with Crippen molar-refractivity contribution in [3.05, 3.63) is 39.3 Å². The van der Waals surface area contributed by atoms with Crippen LogP contribution in [0.25, 0.3) is 10.8 Å². The largest absolute Gasteiger partial charge is 0.338 e. The minimum Gasteiger partial charge on any atom is -0.338 e. The van der Waals surface area contributed by atoms with E-state index in [9.17, 15) is 4.79 Å². The molecule has 0 saturated heterocycles. The molecule has 1 aliphatic heterocycles. The molecule has 0 bridgehead atoms. The van der Waals surface area contributed by atoms with Crippen molar-refractivity contribution in [2.45, 2.75) is 19.4 Å². The van der Waals surface area contributed by atoms with Crippen LogP contribution in [0.4, 0.5) is 0 Å². The number of fused-ring (bicyclic) bond motifs is 1. The minimum absolute atomic E-state index is 0.131. The molecular weight excluding hydrogens is 318 g/mol. The zero-order valence-corrected chi connectivity index (χ0v) is 13.3. The Labute approximate surface area is 134 Å². The SMILES string of the molecule is O=C(Cc1csc(-c2ncn[nH]2)n1)N1CCc2sccc2C1. The predicted molar refractivity (Wildman–Crippen MR) is 84.6 cm³/mol. The van der Waals surface area contributed by atoms with Crippen LogP contribution in [0.1, 0.15) is 16.1 Å². The molecule has 3 aromatic rings. The van der Waals surface area contributed by atoms with Crippen molar-refractivity contribution in [1.82, 2.24) is 25.1 Å². The van der Waals surface area contributed by atoms with Crippen LogP contribution in [0.3, 0.4) is 0 Å². The van der Waals surface area contributed by atoms with Gasteiger partial charge >= 0.3 is 0 Å². The summed E-state index contributed by atoms with van der Waals surface area (Å²) < 4.78 is 0. The number of thiophene rings is 1. The first-order valence-electron chi connectivity index (χ1n) is 6.93. The molecule has 0 aromatic carbocycles. The van der Waals surface area contributed by atoms with Gasteiger partial charge in [0.15, 0.2) is 10.8 Å². The number of H-pyrrole nitrogens is 1. The van der Waals surface area contributed by atoms with Crippen molar-refractivity contribution in [2.24, 2.45) is 0 Å². The number of carbonyl (C=O) groups is 1. The second kappa shape index (κ2) is 5.62. The third-order valence-corrected chi connectivity index (χ3v) is 5.58. The Balaban J connectivity index is 1.44. The Morgan fingerprint density at radius 1 is 1.41 bits per heavy atom. The van der Waals surface area contributed by atoms with E-state index in [1.165, 1.54) is 28.1 Å². The Morgan fingerprint density at radius 2 is 2.36 bits per heavy atom. The fourth-order valence-corrected chi connectivity index (χ4v) is 4.19. The molecule has 1 aliphatic rings. The molecule has 0 atom stereocenters. The molecule has 0 spiro atoms. The molecule has 0 radical (unpaired) electrons. The molecular formula is C14H13N5OS2. The van der Waals surface area contributed by atoms with Gasteiger partial charge in [0.05, 0.1) is 12.1 Å². The molecule has 0 fully saturated rings. The van der Waals surface area contributed by atoms with Gasteiger partial charge in [-0.15, -0.1) is 22.7 Å². The van der Waals surface area contributed by atoms with Gasteiger partial charge in [0.2, 0.25) is 5.91 Å². The Bertz CT molecular complexity index is 792. The number of hydrogen-bond acceptors (Lipinski definition) is 6. The first-order valence-corrected chi connectivity index (χ1v) is 8.68. The number of hydrogen-bond donors (Lipinski definition) is 1. The van der Waals surface area contributed by atoms with E-state index in [4.69, 9.17) is 0 Å². The highest BCUT2D eigenvalue weighted by Crippen LogP contribution is 2.25. The monoisotopic (exact) mass is 331 g/mol. The first-order chi connectivity index (χ1) is 10.8. The number of aromatic amines is 1. The highest BCUT2D eigenvalue weighted by Gasteiger charge is 2.22. The normalized spacial score (nSPS) is 14.1. The minimum atomic E-state index is 0.131. The first kappa shape index (κ1) is 13.6. The highest BCUT2D eigenvalue weighted by molar-refractivity contribution is 7.13. The third kappa shape index (κ3) is 2.55. The fraction of sp³-hybridized carbons (Fsp3) is 0.286. The number of carbonyl (C=O) groups excluding carboxylic acids is 1. The lowest BCUT2D eigenvalue weighted by molar-refractivity contribution is -0.131. The van der Waals surface area contributed by atoms with Gasteiger partial charge in [-0.2, -0.15) is 5.10 Å². The molecule has 1 amide bonds. The van der Waals surface area contributed by atoms with E-state index < -0.39 is 0 Å². The topological polar surface area (TPSA) is 74.8 Å². The molecule has 1 N–H and O–H groups in total. The number of rotatable bonds is 3. The summed E-state index contributed by atoms with van der Waals surface area (Å²) >= 11 is 3.25. The number of amides is 1. The van der Waals surface area contributed by atoms with Crippen LogP contribution in [0.5, 0.6) is 0 Å². The van der Waals surface area contributed by atoms with E-state index in [0.717, 1.165) is 30.2 Å². The Kier molecular flexibility index (Phi) is 3.47. The van der Waals surface area contributed by atoms with E-state index in [-0.39, 0.29) is 5.91 Å². The fourth-order valence-electron chi connectivity index (χ4n) is 2.53. The second-order valence-electron chi connectivity index (χ2n) is 5.09. The number of nitrogens with one attached hydrogen (secondary N) is 1. The smallest absolute Gasteiger partial charge is 0.228 e. The van der Waals surface area contributed by atoms with E-state index >= 15 is 0 Å².